The number of fused-ring (bicyclic) bond motifs is 1. The number of ether oxygens (including phenoxy) is 3. The van der Waals surface area contributed by atoms with Gasteiger partial charge in [-0.15, -0.1) is 0 Å². The van der Waals surface area contributed by atoms with Gasteiger partial charge in [0.2, 0.25) is 17.6 Å². The molecule has 9 heteroatoms. The van der Waals surface area contributed by atoms with Gasteiger partial charge < -0.3 is 29.4 Å². The van der Waals surface area contributed by atoms with Crippen LogP contribution in [0.15, 0.2) is 66.9 Å². The Balaban J connectivity index is 1.60. The number of rotatable bonds is 11. The second-order valence-electron chi connectivity index (χ2n) is 10.9. The first-order valence-electron chi connectivity index (χ1n) is 14.6. The van der Waals surface area contributed by atoms with E-state index in [9.17, 15) is 14.0 Å². The second-order valence-corrected chi connectivity index (χ2v) is 10.9. The molecule has 1 aliphatic carbocycles. The molecule has 0 saturated heterocycles. The van der Waals surface area contributed by atoms with E-state index in [2.05, 4.69) is 10.3 Å². The van der Waals surface area contributed by atoms with Crippen molar-refractivity contribution in [3.63, 3.8) is 0 Å². The quantitative estimate of drug-likeness (QED) is 0.221. The molecule has 1 atom stereocenters. The first-order valence-corrected chi connectivity index (χ1v) is 14.6. The highest BCUT2D eigenvalue weighted by Gasteiger charge is 2.35. The lowest BCUT2D eigenvalue weighted by Crippen LogP contribution is -2.47. The lowest BCUT2D eigenvalue weighted by molar-refractivity contribution is -0.141. The average molecular weight is 588 g/mol. The maximum Gasteiger partial charge on any atom is 0.247 e. The molecule has 1 aliphatic rings. The van der Waals surface area contributed by atoms with Crippen molar-refractivity contribution in [1.82, 2.24) is 15.2 Å². The molecule has 2 N–H and O–H groups in total. The summed E-state index contributed by atoms with van der Waals surface area (Å²) in [6, 6.07) is 16.2. The van der Waals surface area contributed by atoms with Crippen LogP contribution in [0.4, 0.5) is 4.39 Å². The summed E-state index contributed by atoms with van der Waals surface area (Å²) in [6.45, 7) is 0.0842. The minimum Gasteiger partial charge on any atom is -0.493 e. The van der Waals surface area contributed by atoms with E-state index >= 15 is 0 Å². The highest BCUT2D eigenvalue weighted by atomic mass is 19.1. The van der Waals surface area contributed by atoms with E-state index in [1.54, 1.807) is 29.2 Å². The summed E-state index contributed by atoms with van der Waals surface area (Å²) in [5, 5.41) is 4.17. The van der Waals surface area contributed by atoms with Crippen LogP contribution in [0.25, 0.3) is 10.9 Å². The third kappa shape index (κ3) is 6.77. The maximum atomic E-state index is 14.3. The van der Waals surface area contributed by atoms with E-state index in [0.717, 1.165) is 48.6 Å². The van der Waals surface area contributed by atoms with Gasteiger partial charge in [0, 0.05) is 29.7 Å². The molecule has 226 valence electrons. The number of H-pyrrole nitrogens is 1. The van der Waals surface area contributed by atoms with Gasteiger partial charge in [-0.2, -0.15) is 0 Å². The Morgan fingerprint density at radius 1 is 0.953 bits per heavy atom. The van der Waals surface area contributed by atoms with Crippen LogP contribution in [0.5, 0.6) is 17.2 Å². The smallest absolute Gasteiger partial charge is 0.247 e. The Kier molecular flexibility index (Phi) is 9.49. The van der Waals surface area contributed by atoms with Crippen LogP contribution in [-0.4, -0.2) is 49.1 Å². The first kappa shape index (κ1) is 29.9. The molecule has 3 aromatic carbocycles. The number of benzene rings is 3. The van der Waals surface area contributed by atoms with Crippen molar-refractivity contribution in [3.05, 3.63) is 89.4 Å². The molecular weight excluding hydrogens is 549 g/mol. The SMILES string of the molecule is COc1cc([C@H](C(=O)NC2CCCCC2)N(Cc2ccc(F)cc2)C(=O)Cc2c[nH]c3ccccc23)cc(OC)c1OC. The summed E-state index contributed by atoms with van der Waals surface area (Å²) < 4.78 is 30.6. The number of carbonyl (C=O) groups excluding carboxylic acids is 2. The standard InChI is InChI=1S/C34H38FN3O5/c1-41-29-17-23(18-30(42-2)33(29)43-3)32(34(40)37-26-9-5-4-6-10-26)38(21-22-13-15-25(35)16-14-22)31(39)19-24-20-36-28-12-8-7-11-27(24)28/h7-8,11-18,20,26,32,36H,4-6,9-10,19,21H2,1-3H3,(H,37,40)/t32-/m1/s1. The number of carbonyl (C=O) groups is 2. The fourth-order valence-electron chi connectivity index (χ4n) is 5.91. The second kappa shape index (κ2) is 13.6. The zero-order valence-electron chi connectivity index (χ0n) is 24.8. The topological polar surface area (TPSA) is 92.9 Å². The molecule has 0 bridgehead atoms. The monoisotopic (exact) mass is 587 g/mol. The largest absolute Gasteiger partial charge is 0.493 e. The number of para-hydroxylation sites is 1. The predicted molar refractivity (Wildman–Crippen MR) is 163 cm³/mol. The van der Waals surface area contributed by atoms with Crippen LogP contribution in [0.2, 0.25) is 0 Å². The molecule has 2 amide bonds. The normalized spacial score (nSPS) is 14.2. The van der Waals surface area contributed by atoms with Crippen molar-refractivity contribution in [2.24, 2.45) is 0 Å². The molecule has 0 radical (unpaired) electrons. The molecule has 5 rings (SSSR count). The number of aromatic nitrogens is 1. The number of hydrogen-bond acceptors (Lipinski definition) is 5. The number of halogens is 1. The number of nitrogens with one attached hydrogen (secondary N) is 2. The number of hydrogen-bond donors (Lipinski definition) is 2. The molecule has 0 spiro atoms. The Bertz CT molecular complexity index is 1540. The van der Waals surface area contributed by atoms with Crippen LogP contribution < -0.4 is 19.5 Å². The van der Waals surface area contributed by atoms with Crippen molar-refractivity contribution in [1.29, 1.82) is 0 Å². The number of amides is 2. The van der Waals surface area contributed by atoms with Crippen molar-refractivity contribution in [2.45, 2.75) is 57.2 Å². The van der Waals surface area contributed by atoms with Gasteiger partial charge in [0.1, 0.15) is 11.9 Å². The zero-order valence-corrected chi connectivity index (χ0v) is 24.8. The van der Waals surface area contributed by atoms with E-state index in [1.165, 1.54) is 33.5 Å². The van der Waals surface area contributed by atoms with E-state index in [4.69, 9.17) is 14.2 Å². The Hall–Kier alpha value is -4.53. The molecule has 0 aliphatic heterocycles. The van der Waals surface area contributed by atoms with Crippen LogP contribution in [0.3, 0.4) is 0 Å². The van der Waals surface area contributed by atoms with Gasteiger partial charge >= 0.3 is 0 Å². The molecule has 8 nitrogen and oxygen atoms in total. The highest BCUT2D eigenvalue weighted by Crippen LogP contribution is 2.41. The molecular formula is C34H38FN3O5. The van der Waals surface area contributed by atoms with Gasteiger partial charge in [0.25, 0.3) is 0 Å². The van der Waals surface area contributed by atoms with E-state index < -0.39 is 6.04 Å². The molecule has 1 aromatic heterocycles. The number of aromatic amines is 1. The Morgan fingerprint density at radius 2 is 1.63 bits per heavy atom. The van der Waals surface area contributed by atoms with Gasteiger partial charge in [-0.05, 0) is 59.9 Å². The van der Waals surface area contributed by atoms with E-state index in [0.29, 0.717) is 28.4 Å². The predicted octanol–water partition coefficient (Wildman–Crippen LogP) is 6.09. The summed E-state index contributed by atoms with van der Waals surface area (Å²) >= 11 is 0. The van der Waals surface area contributed by atoms with E-state index in [1.807, 2.05) is 30.5 Å². The Morgan fingerprint density at radius 3 is 2.28 bits per heavy atom. The molecule has 43 heavy (non-hydrogen) atoms. The molecule has 1 heterocycles. The van der Waals surface area contributed by atoms with Gasteiger partial charge in [-0.25, -0.2) is 4.39 Å². The van der Waals surface area contributed by atoms with Crippen molar-refractivity contribution in [3.8, 4) is 17.2 Å². The third-order valence-corrected chi connectivity index (χ3v) is 8.12. The summed E-state index contributed by atoms with van der Waals surface area (Å²) in [5.74, 6) is 0.200. The van der Waals surface area contributed by atoms with Crippen LogP contribution in [0.1, 0.15) is 54.8 Å². The van der Waals surface area contributed by atoms with Gasteiger partial charge in [0.05, 0.1) is 27.8 Å². The minimum atomic E-state index is -1.03. The van der Waals surface area contributed by atoms with Crippen LogP contribution in [0, 0.1) is 5.82 Å². The molecule has 1 saturated carbocycles. The van der Waals surface area contributed by atoms with Crippen molar-refractivity contribution >= 4 is 22.7 Å². The molecule has 1 fully saturated rings. The maximum absolute atomic E-state index is 14.3. The zero-order chi connectivity index (χ0) is 30.3. The number of methoxy groups -OCH3 is 3. The summed E-state index contributed by atoms with van der Waals surface area (Å²) in [6.07, 6.45) is 6.88. The minimum absolute atomic E-state index is 0.0159. The summed E-state index contributed by atoms with van der Waals surface area (Å²) in [7, 11) is 4.53. The van der Waals surface area contributed by atoms with Crippen LogP contribution in [-0.2, 0) is 22.6 Å². The van der Waals surface area contributed by atoms with Crippen molar-refractivity contribution < 1.29 is 28.2 Å². The summed E-state index contributed by atoms with van der Waals surface area (Å²) in [5.41, 5.74) is 2.95. The fraction of sp³-hybridized carbons (Fsp3) is 0.353. The highest BCUT2D eigenvalue weighted by molar-refractivity contribution is 5.92. The van der Waals surface area contributed by atoms with Gasteiger partial charge in [-0.3, -0.25) is 9.59 Å². The lowest BCUT2D eigenvalue weighted by Gasteiger charge is -2.34. The van der Waals surface area contributed by atoms with E-state index in [-0.39, 0.29) is 36.6 Å². The molecule has 0 unspecified atom stereocenters. The summed E-state index contributed by atoms with van der Waals surface area (Å²) in [4.78, 5) is 33.4. The van der Waals surface area contributed by atoms with Gasteiger partial charge in [0.15, 0.2) is 11.5 Å². The first-order chi connectivity index (χ1) is 20.9. The van der Waals surface area contributed by atoms with Crippen LogP contribution >= 0.6 is 0 Å². The fourth-order valence-corrected chi connectivity index (χ4v) is 5.91. The lowest BCUT2D eigenvalue weighted by atomic mass is 9.94. The average Bonchev–Trinajstić information content (AvgIpc) is 3.44. The molecule has 4 aromatic rings. The van der Waals surface area contributed by atoms with Gasteiger partial charge in [-0.1, -0.05) is 49.6 Å². The Labute approximate surface area is 251 Å². The van der Waals surface area contributed by atoms with Crippen molar-refractivity contribution in [2.75, 3.05) is 21.3 Å². The number of nitrogens with zero attached hydrogens (tertiary/aromatic N) is 1. The third-order valence-electron chi connectivity index (χ3n) is 8.12.